The number of carbonyl (C=O) groups is 2. The normalized spacial score (nSPS) is 12.1. The molecule has 0 heterocycles. The average molecular weight is 363 g/mol. The van der Waals surface area contributed by atoms with E-state index in [1.165, 1.54) is 18.2 Å². The predicted molar refractivity (Wildman–Crippen MR) is 104 cm³/mol. The molecule has 0 saturated heterocycles. The number of ketones is 1. The Morgan fingerprint density at radius 3 is 2.41 bits per heavy atom. The highest BCUT2D eigenvalue weighted by Crippen LogP contribution is 2.29. The maximum Gasteiger partial charge on any atom is 0.344 e. The lowest BCUT2D eigenvalue weighted by atomic mass is 9.96. The largest absolute Gasteiger partial charge is 0.504 e. The van der Waals surface area contributed by atoms with Gasteiger partial charge in [-0.05, 0) is 41.0 Å². The molecule has 3 N–H and O–H groups in total. The third kappa shape index (κ3) is 3.83. The summed E-state index contributed by atoms with van der Waals surface area (Å²) in [5, 5.41) is 11.9. The first-order valence-electron chi connectivity index (χ1n) is 8.71. The Balaban J connectivity index is 1.85. The number of phenolic OH excluding ortho intramolecular Hbond substituents is 1. The minimum absolute atomic E-state index is 0.0115. The van der Waals surface area contributed by atoms with Crippen LogP contribution < -0.4 is 10.5 Å². The Bertz CT molecular complexity index is 1000. The molecule has 5 nitrogen and oxygen atoms in total. The van der Waals surface area contributed by atoms with E-state index in [9.17, 15) is 14.7 Å². The predicted octanol–water partition coefficient (Wildman–Crippen LogP) is 3.93. The highest BCUT2D eigenvalue weighted by atomic mass is 16.5. The highest BCUT2D eigenvalue weighted by Gasteiger charge is 2.21. The summed E-state index contributed by atoms with van der Waals surface area (Å²) in [5.74, 6) is -1.18. The number of carbonyl (C=O) groups excluding carboxylic acids is 2. The number of Topliss-reactive ketones (excluding diaryl/α,β-unsaturated/α-hetero) is 1. The van der Waals surface area contributed by atoms with Crippen LogP contribution in [0, 0.1) is 5.92 Å². The molecule has 0 spiro atoms. The molecule has 3 aromatic carbocycles. The zero-order valence-corrected chi connectivity index (χ0v) is 15.2. The SMILES string of the molecule is CC(C)C(N)C(=O)c1ccc(OC(=O)c2cccc3ccccc23)c(O)c1. The second-order valence-corrected chi connectivity index (χ2v) is 6.73. The van der Waals surface area contributed by atoms with Crippen molar-refractivity contribution in [1.29, 1.82) is 0 Å². The lowest BCUT2D eigenvalue weighted by molar-refractivity contribution is 0.0731. The van der Waals surface area contributed by atoms with Crippen LogP contribution in [-0.4, -0.2) is 22.9 Å². The van der Waals surface area contributed by atoms with Crippen molar-refractivity contribution in [3.8, 4) is 11.5 Å². The molecule has 0 aliphatic carbocycles. The van der Waals surface area contributed by atoms with E-state index < -0.39 is 12.0 Å². The molecule has 0 aromatic heterocycles. The van der Waals surface area contributed by atoms with Gasteiger partial charge in [0.2, 0.25) is 0 Å². The van der Waals surface area contributed by atoms with Crippen LogP contribution >= 0.6 is 0 Å². The topological polar surface area (TPSA) is 89.6 Å². The van der Waals surface area contributed by atoms with Crippen molar-refractivity contribution < 1.29 is 19.4 Å². The Kier molecular flexibility index (Phi) is 5.23. The van der Waals surface area contributed by atoms with Gasteiger partial charge in [-0.1, -0.05) is 50.2 Å². The molecule has 138 valence electrons. The third-order valence-corrected chi connectivity index (χ3v) is 4.48. The Morgan fingerprint density at radius 1 is 1.00 bits per heavy atom. The smallest absolute Gasteiger partial charge is 0.344 e. The number of rotatable bonds is 5. The molecule has 3 rings (SSSR count). The second-order valence-electron chi connectivity index (χ2n) is 6.73. The third-order valence-electron chi connectivity index (χ3n) is 4.48. The maximum atomic E-state index is 12.6. The first kappa shape index (κ1) is 18.6. The van der Waals surface area contributed by atoms with E-state index >= 15 is 0 Å². The van der Waals surface area contributed by atoms with Gasteiger partial charge in [-0.15, -0.1) is 0 Å². The van der Waals surface area contributed by atoms with Crippen LogP contribution in [0.1, 0.15) is 34.6 Å². The zero-order chi connectivity index (χ0) is 19.6. The molecule has 3 aromatic rings. The monoisotopic (exact) mass is 363 g/mol. The number of hydrogen-bond acceptors (Lipinski definition) is 5. The Labute approximate surface area is 157 Å². The molecule has 0 amide bonds. The summed E-state index contributed by atoms with van der Waals surface area (Å²) >= 11 is 0. The van der Waals surface area contributed by atoms with E-state index in [4.69, 9.17) is 10.5 Å². The zero-order valence-electron chi connectivity index (χ0n) is 15.2. The van der Waals surface area contributed by atoms with Crippen LogP contribution in [0.2, 0.25) is 0 Å². The number of hydrogen-bond donors (Lipinski definition) is 2. The summed E-state index contributed by atoms with van der Waals surface area (Å²) in [5.41, 5.74) is 6.55. The van der Waals surface area contributed by atoms with Gasteiger partial charge in [0.25, 0.3) is 0 Å². The molecule has 5 heteroatoms. The molecule has 0 fully saturated rings. The molecule has 0 radical (unpaired) electrons. The summed E-state index contributed by atoms with van der Waals surface area (Å²) in [4.78, 5) is 24.9. The van der Waals surface area contributed by atoms with Crippen molar-refractivity contribution >= 4 is 22.5 Å². The van der Waals surface area contributed by atoms with Crippen LogP contribution in [0.4, 0.5) is 0 Å². The summed E-state index contributed by atoms with van der Waals surface area (Å²) in [7, 11) is 0. The van der Waals surface area contributed by atoms with E-state index in [0.29, 0.717) is 5.56 Å². The van der Waals surface area contributed by atoms with Gasteiger partial charge in [0.15, 0.2) is 17.3 Å². The van der Waals surface area contributed by atoms with Gasteiger partial charge in [-0.25, -0.2) is 4.79 Å². The molecule has 0 bridgehead atoms. The number of ether oxygens (including phenoxy) is 1. The standard InChI is InChI=1S/C22H21NO4/c1-13(2)20(23)21(25)15-10-11-19(18(24)12-15)27-22(26)17-9-5-7-14-6-3-4-8-16(14)17/h3-13,20,24H,23H2,1-2H3. The molecule has 0 saturated carbocycles. The van der Waals surface area contributed by atoms with Gasteiger partial charge in [0.1, 0.15) is 0 Å². The van der Waals surface area contributed by atoms with Gasteiger partial charge in [0, 0.05) is 5.56 Å². The molecule has 1 unspecified atom stereocenters. The van der Waals surface area contributed by atoms with Gasteiger partial charge in [-0.3, -0.25) is 4.79 Å². The highest BCUT2D eigenvalue weighted by molar-refractivity contribution is 6.05. The minimum atomic E-state index is -0.659. The van der Waals surface area contributed by atoms with E-state index in [1.54, 1.807) is 12.1 Å². The summed E-state index contributed by atoms with van der Waals surface area (Å²) in [6.45, 7) is 3.70. The van der Waals surface area contributed by atoms with Crippen LogP contribution in [0.25, 0.3) is 10.8 Å². The fourth-order valence-electron chi connectivity index (χ4n) is 2.81. The van der Waals surface area contributed by atoms with Crippen molar-refractivity contribution in [2.75, 3.05) is 0 Å². The summed E-state index contributed by atoms with van der Waals surface area (Å²) < 4.78 is 5.35. The van der Waals surface area contributed by atoms with Gasteiger partial charge < -0.3 is 15.6 Å². The van der Waals surface area contributed by atoms with E-state index in [2.05, 4.69) is 0 Å². The van der Waals surface area contributed by atoms with Crippen molar-refractivity contribution in [2.45, 2.75) is 19.9 Å². The number of phenols is 1. The number of nitrogens with two attached hydrogens (primary N) is 1. The maximum absolute atomic E-state index is 12.6. The van der Waals surface area contributed by atoms with Gasteiger partial charge in [-0.2, -0.15) is 0 Å². The molecule has 1 atom stereocenters. The van der Waals surface area contributed by atoms with E-state index in [-0.39, 0.29) is 28.8 Å². The lowest BCUT2D eigenvalue weighted by Gasteiger charge is -2.15. The number of esters is 1. The Hall–Kier alpha value is -3.18. The molecule has 27 heavy (non-hydrogen) atoms. The molecule has 0 aliphatic heterocycles. The molecular weight excluding hydrogens is 342 g/mol. The van der Waals surface area contributed by atoms with Crippen molar-refractivity contribution in [1.82, 2.24) is 0 Å². The van der Waals surface area contributed by atoms with Crippen molar-refractivity contribution in [3.63, 3.8) is 0 Å². The van der Waals surface area contributed by atoms with Crippen LogP contribution in [0.3, 0.4) is 0 Å². The van der Waals surface area contributed by atoms with Gasteiger partial charge >= 0.3 is 5.97 Å². The fraction of sp³-hybridized carbons (Fsp3) is 0.182. The van der Waals surface area contributed by atoms with Crippen molar-refractivity contribution in [2.24, 2.45) is 11.7 Å². The fourth-order valence-corrected chi connectivity index (χ4v) is 2.81. The first-order chi connectivity index (χ1) is 12.9. The lowest BCUT2D eigenvalue weighted by Crippen LogP contribution is -2.35. The summed E-state index contributed by atoms with van der Waals surface area (Å²) in [6, 6.07) is 16.3. The number of benzene rings is 3. The Morgan fingerprint density at radius 2 is 1.70 bits per heavy atom. The summed E-state index contributed by atoms with van der Waals surface area (Å²) in [6.07, 6.45) is 0. The van der Waals surface area contributed by atoms with Crippen LogP contribution in [0.5, 0.6) is 11.5 Å². The van der Waals surface area contributed by atoms with E-state index in [1.807, 2.05) is 44.2 Å². The van der Waals surface area contributed by atoms with E-state index in [0.717, 1.165) is 10.8 Å². The van der Waals surface area contributed by atoms with Gasteiger partial charge in [0.05, 0.1) is 11.6 Å². The number of aromatic hydroxyl groups is 1. The average Bonchev–Trinajstić information content (AvgIpc) is 2.67. The molecular formula is C22H21NO4. The van der Waals surface area contributed by atoms with Crippen LogP contribution in [0.15, 0.2) is 60.7 Å². The second kappa shape index (κ2) is 7.60. The first-order valence-corrected chi connectivity index (χ1v) is 8.71. The van der Waals surface area contributed by atoms with Crippen molar-refractivity contribution in [3.05, 3.63) is 71.8 Å². The molecule has 0 aliphatic rings. The number of fused-ring (bicyclic) bond motifs is 1. The minimum Gasteiger partial charge on any atom is -0.504 e. The van der Waals surface area contributed by atoms with Crippen LogP contribution in [-0.2, 0) is 0 Å². The quantitative estimate of drug-likeness (QED) is 0.407.